The van der Waals surface area contributed by atoms with Crippen molar-refractivity contribution in [2.75, 3.05) is 53.6 Å². The summed E-state index contributed by atoms with van der Waals surface area (Å²) < 4.78 is 22.3. The van der Waals surface area contributed by atoms with Gasteiger partial charge in [0.15, 0.2) is 11.5 Å². The van der Waals surface area contributed by atoms with Crippen LogP contribution in [0.25, 0.3) is 0 Å². The highest BCUT2D eigenvalue weighted by atomic mass is 35.5. The Morgan fingerprint density at radius 2 is 1.76 bits per heavy atom. The molecule has 11 heteroatoms. The highest BCUT2D eigenvalue weighted by molar-refractivity contribution is 5.85. The standard InChI is InChI=1S/C31H55N3O6.2ClH/c1-21(2)26(16-25-9-10-29(38-7)30(17-25)39-14-8-13-37-6)18-27(32)28(35)15-22(3)31(36)33-11-12-34-19-23(4)40-24(5)20-34;;/h9-10,17,21-24,26-28,35H,8,11-16,18-20,32H2,1-7H3,(H,33,36);2*1H/t22-,23-,24-,26+,27+,28+;;/m1../s1. The Morgan fingerprint density at radius 1 is 1.10 bits per heavy atom. The van der Waals surface area contributed by atoms with Crippen molar-refractivity contribution < 1.29 is 28.8 Å². The normalized spacial score (nSPS) is 20.0. The van der Waals surface area contributed by atoms with Gasteiger partial charge in [0.2, 0.25) is 5.91 Å². The Labute approximate surface area is 266 Å². The third kappa shape index (κ3) is 14.4. The van der Waals surface area contributed by atoms with Crippen molar-refractivity contribution in [2.45, 2.75) is 84.7 Å². The third-order valence-electron chi connectivity index (χ3n) is 7.75. The van der Waals surface area contributed by atoms with E-state index in [0.29, 0.717) is 44.3 Å². The fraction of sp³-hybridized carbons (Fsp3) is 0.774. The van der Waals surface area contributed by atoms with Crippen molar-refractivity contribution in [3.05, 3.63) is 23.8 Å². The molecule has 1 saturated heterocycles. The molecule has 0 spiro atoms. The molecule has 1 aromatic carbocycles. The summed E-state index contributed by atoms with van der Waals surface area (Å²) in [4.78, 5) is 15.0. The predicted molar refractivity (Wildman–Crippen MR) is 173 cm³/mol. The van der Waals surface area contributed by atoms with Gasteiger partial charge in [-0.3, -0.25) is 9.69 Å². The molecule has 42 heavy (non-hydrogen) atoms. The molecule has 0 radical (unpaired) electrons. The number of ether oxygens (including phenoxy) is 4. The minimum atomic E-state index is -0.751. The summed E-state index contributed by atoms with van der Waals surface area (Å²) in [6.07, 6.45) is 2.27. The summed E-state index contributed by atoms with van der Waals surface area (Å²) in [7, 11) is 3.32. The second-order valence-corrected chi connectivity index (χ2v) is 11.8. The highest BCUT2D eigenvalue weighted by Crippen LogP contribution is 2.31. The SMILES string of the molecule is COCCCOc1cc(C[C@@H](C[C@H](N)[C@@H](O)C[C@@H](C)C(=O)NCCN2C[C@@H](C)O[C@H](C)C2)C(C)C)ccc1OC.Cl.Cl. The van der Waals surface area contributed by atoms with Gasteiger partial charge < -0.3 is 35.1 Å². The number of rotatable bonds is 18. The first kappa shape index (κ1) is 40.7. The number of nitrogens with two attached hydrogens (primary N) is 1. The summed E-state index contributed by atoms with van der Waals surface area (Å²) in [5.41, 5.74) is 7.63. The lowest BCUT2D eigenvalue weighted by atomic mass is 9.82. The molecule has 1 fully saturated rings. The van der Waals surface area contributed by atoms with Gasteiger partial charge in [0.25, 0.3) is 0 Å². The Morgan fingerprint density at radius 3 is 2.36 bits per heavy atom. The maximum atomic E-state index is 12.7. The van der Waals surface area contributed by atoms with E-state index in [1.807, 2.05) is 19.1 Å². The maximum absolute atomic E-state index is 12.7. The molecular formula is C31H57Cl2N3O6. The molecular weight excluding hydrogens is 581 g/mol. The Balaban J connectivity index is 0.00000840. The summed E-state index contributed by atoms with van der Waals surface area (Å²) in [5.74, 6) is 1.70. The first-order valence-electron chi connectivity index (χ1n) is 14.9. The highest BCUT2D eigenvalue weighted by Gasteiger charge is 2.27. The van der Waals surface area contributed by atoms with Crippen LogP contribution in [0, 0.1) is 17.8 Å². The second-order valence-electron chi connectivity index (χ2n) is 11.8. The van der Waals surface area contributed by atoms with Gasteiger partial charge in [-0.1, -0.05) is 26.8 Å². The average molecular weight is 639 g/mol. The number of nitrogens with zero attached hydrogens (tertiary/aromatic N) is 1. The summed E-state index contributed by atoms with van der Waals surface area (Å²) >= 11 is 0. The Kier molecular flexibility index (Phi) is 20.7. The molecule has 2 rings (SSSR count). The monoisotopic (exact) mass is 637 g/mol. The lowest BCUT2D eigenvalue weighted by Gasteiger charge is -2.35. The molecule has 4 N–H and O–H groups in total. The quantitative estimate of drug-likeness (QED) is 0.206. The van der Waals surface area contributed by atoms with Crippen LogP contribution in [0.2, 0.25) is 0 Å². The van der Waals surface area contributed by atoms with E-state index in [9.17, 15) is 9.90 Å². The third-order valence-corrected chi connectivity index (χ3v) is 7.75. The van der Waals surface area contributed by atoms with Crippen molar-refractivity contribution in [3.63, 3.8) is 0 Å². The first-order chi connectivity index (χ1) is 19.0. The minimum absolute atomic E-state index is 0. The van der Waals surface area contributed by atoms with Crippen LogP contribution >= 0.6 is 24.8 Å². The number of nitrogens with one attached hydrogen (secondary N) is 1. The Bertz CT molecular complexity index is 871. The smallest absolute Gasteiger partial charge is 0.222 e. The number of morpholine rings is 1. The van der Waals surface area contributed by atoms with Crippen LogP contribution in [0.4, 0.5) is 0 Å². The van der Waals surface area contributed by atoms with Crippen LogP contribution in [0.5, 0.6) is 11.5 Å². The van der Waals surface area contributed by atoms with Gasteiger partial charge in [0.05, 0.1) is 32.0 Å². The van der Waals surface area contributed by atoms with Crippen LogP contribution < -0.4 is 20.5 Å². The fourth-order valence-electron chi connectivity index (χ4n) is 5.37. The molecule has 0 saturated carbocycles. The first-order valence-corrected chi connectivity index (χ1v) is 14.9. The number of hydrogen-bond acceptors (Lipinski definition) is 8. The number of methoxy groups -OCH3 is 2. The number of benzene rings is 1. The zero-order chi connectivity index (χ0) is 29.7. The molecule has 6 atom stereocenters. The lowest BCUT2D eigenvalue weighted by Crippen LogP contribution is -2.48. The van der Waals surface area contributed by atoms with E-state index in [2.05, 4.69) is 44.0 Å². The minimum Gasteiger partial charge on any atom is -0.493 e. The summed E-state index contributed by atoms with van der Waals surface area (Å²) in [5, 5.41) is 13.9. The zero-order valence-corrected chi connectivity index (χ0v) is 28.3. The van der Waals surface area contributed by atoms with Gasteiger partial charge >= 0.3 is 0 Å². The summed E-state index contributed by atoms with van der Waals surface area (Å²) in [6, 6.07) is 5.62. The Hall–Kier alpha value is -1.33. The van der Waals surface area contributed by atoms with Gasteiger partial charge in [0.1, 0.15) is 0 Å². The van der Waals surface area contributed by atoms with Crippen molar-refractivity contribution in [2.24, 2.45) is 23.5 Å². The number of aliphatic hydroxyl groups excluding tert-OH is 1. The molecule has 1 aliphatic heterocycles. The number of carbonyl (C=O) groups excluding carboxylic acids is 1. The maximum Gasteiger partial charge on any atom is 0.222 e. The van der Waals surface area contributed by atoms with Crippen LogP contribution in [-0.2, 0) is 20.7 Å². The largest absolute Gasteiger partial charge is 0.493 e. The van der Waals surface area contributed by atoms with Crippen LogP contribution in [0.3, 0.4) is 0 Å². The molecule has 1 amide bonds. The number of amides is 1. The van der Waals surface area contributed by atoms with Crippen molar-refractivity contribution in [1.82, 2.24) is 10.2 Å². The number of aliphatic hydroxyl groups is 1. The second kappa shape index (κ2) is 21.4. The van der Waals surface area contributed by atoms with Gasteiger partial charge in [0, 0.05) is 58.3 Å². The van der Waals surface area contributed by atoms with Crippen molar-refractivity contribution in [3.8, 4) is 11.5 Å². The number of halogens is 2. The van der Waals surface area contributed by atoms with Gasteiger partial charge in [-0.2, -0.15) is 0 Å². The molecule has 1 heterocycles. The predicted octanol–water partition coefficient (Wildman–Crippen LogP) is 4.10. The van der Waals surface area contributed by atoms with E-state index in [4.69, 9.17) is 24.7 Å². The summed E-state index contributed by atoms with van der Waals surface area (Å²) in [6.45, 7) is 14.7. The van der Waals surface area contributed by atoms with Crippen LogP contribution in [0.15, 0.2) is 18.2 Å². The van der Waals surface area contributed by atoms with Gasteiger partial charge in [-0.25, -0.2) is 0 Å². The molecule has 1 aromatic rings. The van der Waals surface area contributed by atoms with Crippen molar-refractivity contribution in [1.29, 1.82) is 0 Å². The zero-order valence-electron chi connectivity index (χ0n) is 26.7. The number of carbonyl (C=O) groups is 1. The van der Waals surface area contributed by atoms with E-state index >= 15 is 0 Å². The molecule has 1 aliphatic rings. The van der Waals surface area contributed by atoms with E-state index in [0.717, 1.165) is 43.8 Å². The topological polar surface area (TPSA) is 116 Å². The number of hydrogen-bond donors (Lipinski definition) is 3. The fourth-order valence-corrected chi connectivity index (χ4v) is 5.37. The van der Waals surface area contributed by atoms with Gasteiger partial charge in [-0.15, -0.1) is 24.8 Å². The lowest BCUT2D eigenvalue weighted by molar-refractivity contribution is -0.125. The molecule has 9 nitrogen and oxygen atoms in total. The van der Waals surface area contributed by atoms with Crippen LogP contribution in [-0.4, -0.2) is 93.9 Å². The van der Waals surface area contributed by atoms with Crippen molar-refractivity contribution >= 4 is 30.7 Å². The molecule has 0 aliphatic carbocycles. The molecule has 0 aromatic heterocycles. The average Bonchev–Trinajstić information content (AvgIpc) is 2.90. The molecule has 246 valence electrons. The van der Waals surface area contributed by atoms with Gasteiger partial charge in [-0.05, 0) is 62.6 Å². The molecule has 0 unspecified atom stereocenters. The molecule has 0 bridgehead atoms. The van der Waals surface area contributed by atoms with Crippen LogP contribution in [0.1, 0.15) is 59.4 Å². The van der Waals surface area contributed by atoms with E-state index in [1.54, 1.807) is 14.2 Å². The van der Waals surface area contributed by atoms with E-state index in [-0.39, 0.29) is 54.8 Å². The van der Waals surface area contributed by atoms with E-state index in [1.165, 1.54) is 0 Å². The van der Waals surface area contributed by atoms with E-state index < -0.39 is 12.1 Å².